The molecule has 6 heteroatoms. The number of halogens is 1. The summed E-state index contributed by atoms with van der Waals surface area (Å²) in [5.74, 6) is -1.00. The average Bonchev–Trinajstić information content (AvgIpc) is 2.27. The zero-order chi connectivity index (χ0) is 12.8. The molecule has 1 aromatic carbocycles. The van der Waals surface area contributed by atoms with Crippen molar-refractivity contribution in [2.24, 2.45) is 0 Å². The zero-order valence-corrected chi connectivity index (χ0v) is 10.5. The molecule has 0 aliphatic rings. The Kier molecular flexibility index (Phi) is 4.71. The first-order valence-corrected chi connectivity index (χ1v) is 5.50. The Morgan fingerprint density at radius 3 is 2.35 bits per heavy atom. The Bertz CT molecular complexity index is 443. The second kappa shape index (κ2) is 6.05. The third-order valence-corrected chi connectivity index (χ3v) is 2.11. The molecule has 0 radical (unpaired) electrons. The molecule has 0 fully saturated rings. The van der Waals surface area contributed by atoms with Crippen molar-refractivity contribution in [1.82, 2.24) is 5.32 Å². The summed E-state index contributed by atoms with van der Waals surface area (Å²) < 4.78 is 0.661. The van der Waals surface area contributed by atoms with E-state index in [0.717, 1.165) is 0 Å². The van der Waals surface area contributed by atoms with E-state index in [-0.39, 0.29) is 11.6 Å². The molecular formula is C11H11BrN2O3. The van der Waals surface area contributed by atoms with E-state index in [1.54, 1.807) is 0 Å². The van der Waals surface area contributed by atoms with Crippen LogP contribution in [0.4, 0.5) is 10.5 Å². The molecule has 5 nitrogen and oxygen atoms in total. The summed E-state index contributed by atoms with van der Waals surface area (Å²) in [4.78, 5) is 21.9. The van der Waals surface area contributed by atoms with Crippen molar-refractivity contribution in [2.45, 2.75) is 0 Å². The first-order valence-electron chi connectivity index (χ1n) is 4.70. The molecule has 0 aliphatic carbocycles. The molecule has 0 heterocycles. The van der Waals surface area contributed by atoms with Crippen LogP contribution in [0.25, 0.3) is 0 Å². The highest BCUT2D eigenvalue weighted by Gasteiger charge is 2.04. The van der Waals surface area contributed by atoms with Gasteiger partial charge in [-0.15, -0.1) is 0 Å². The van der Waals surface area contributed by atoms with Crippen LogP contribution in [0.5, 0.6) is 0 Å². The molecule has 0 aromatic heterocycles. The van der Waals surface area contributed by atoms with E-state index in [1.807, 2.05) is 0 Å². The Balaban J connectivity index is 2.54. The first kappa shape index (κ1) is 13.2. The highest BCUT2D eigenvalue weighted by atomic mass is 79.9. The summed E-state index contributed by atoms with van der Waals surface area (Å²) in [5.41, 5.74) is 0.692. The number of hydrogen-bond donors (Lipinski definition) is 3. The number of carboxylic acid groups (broad SMARTS) is 1. The predicted octanol–water partition coefficient (Wildman–Crippen LogP) is 2.41. The van der Waals surface area contributed by atoms with Gasteiger partial charge in [-0.2, -0.15) is 0 Å². The van der Waals surface area contributed by atoms with Crippen molar-refractivity contribution in [3.63, 3.8) is 0 Å². The van der Waals surface area contributed by atoms with Crippen LogP contribution in [-0.4, -0.2) is 23.7 Å². The third-order valence-electron chi connectivity index (χ3n) is 1.83. The van der Waals surface area contributed by atoms with Crippen LogP contribution in [0.1, 0.15) is 10.4 Å². The van der Waals surface area contributed by atoms with Gasteiger partial charge in [0.05, 0.1) is 12.1 Å². The molecule has 1 aromatic rings. The highest BCUT2D eigenvalue weighted by Crippen LogP contribution is 2.09. The van der Waals surface area contributed by atoms with Gasteiger partial charge in [-0.05, 0) is 24.3 Å². The summed E-state index contributed by atoms with van der Waals surface area (Å²) >= 11 is 3.11. The number of amides is 2. The van der Waals surface area contributed by atoms with Gasteiger partial charge in [0.15, 0.2) is 0 Å². The van der Waals surface area contributed by atoms with E-state index < -0.39 is 5.97 Å². The molecule has 1 rings (SSSR count). The molecule has 17 heavy (non-hydrogen) atoms. The maximum absolute atomic E-state index is 11.3. The van der Waals surface area contributed by atoms with Gasteiger partial charge >= 0.3 is 12.0 Å². The minimum absolute atomic E-state index is 0.171. The normalized spacial score (nSPS) is 9.47. The second-order valence-corrected chi connectivity index (χ2v) is 4.33. The number of nitrogens with one attached hydrogen (secondary N) is 2. The second-order valence-electron chi connectivity index (χ2n) is 3.21. The van der Waals surface area contributed by atoms with E-state index in [4.69, 9.17) is 5.11 Å². The van der Waals surface area contributed by atoms with Crippen molar-refractivity contribution in [2.75, 3.05) is 11.9 Å². The summed E-state index contributed by atoms with van der Waals surface area (Å²) in [5, 5.41) is 13.8. The highest BCUT2D eigenvalue weighted by molar-refractivity contribution is 9.11. The molecular weight excluding hydrogens is 288 g/mol. The lowest BCUT2D eigenvalue weighted by molar-refractivity contribution is 0.0697. The fourth-order valence-corrected chi connectivity index (χ4v) is 1.19. The van der Waals surface area contributed by atoms with E-state index in [1.165, 1.54) is 24.3 Å². The van der Waals surface area contributed by atoms with Crippen LogP contribution in [0.3, 0.4) is 0 Å². The molecule has 0 bridgehead atoms. The van der Waals surface area contributed by atoms with Gasteiger partial charge in [0.25, 0.3) is 0 Å². The van der Waals surface area contributed by atoms with Crippen molar-refractivity contribution in [3.8, 4) is 0 Å². The molecule has 0 atom stereocenters. The van der Waals surface area contributed by atoms with Gasteiger partial charge in [0, 0.05) is 10.2 Å². The molecule has 90 valence electrons. The Labute approximate surface area is 107 Å². The van der Waals surface area contributed by atoms with Gasteiger partial charge in [0.1, 0.15) is 0 Å². The first-order chi connectivity index (χ1) is 7.99. The number of urea groups is 1. The lowest BCUT2D eigenvalue weighted by Gasteiger charge is -2.06. The SMILES string of the molecule is C=C(Br)CNC(=O)Nc1ccc(C(=O)O)cc1. The maximum atomic E-state index is 11.3. The van der Waals surface area contributed by atoms with E-state index in [2.05, 4.69) is 33.1 Å². The number of carbonyl (C=O) groups is 2. The van der Waals surface area contributed by atoms with Gasteiger partial charge in [-0.25, -0.2) is 9.59 Å². The van der Waals surface area contributed by atoms with Crippen LogP contribution in [-0.2, 0) is 0 Å². The van der Waals surface area contributed by atoms with Gasteiger partial charge in [-0.1, -0.05) is 22.5 Å². The Hall–Kier alpha value is -1.82. The minimum atomic E-state index is -1.00. The van der Waals surface area contributed by atoms with E-state index >= 15 is 0 Å². The Morgan fingerprint density at radius 1 is 1.29 bits per heavy atom. The molecule has 3 N–H and O–H groups in total. The summed E-state index contributed by atoms with van der Waals surface area (Å²) in [6.07, 6.45) is 0. The van der Waals surface area contributed by atoms with Gasteiger partial charge < -0.3 is 15.7 Å². The van der Waals surface area contributed by atoms with Crippen LogP contribution in [0.2, 0.25) is 0 Å². The van der Waals surface area contributed by atoms with Gasteiger partial charge in [0.2, 0.25) is 0 Å². The number of carboxylic acids is 1. The summed E-state index contributed by atoms with van der Waals surface area (Å²) in [7, 11) is 0. The molecule has 0 saturated carbocycles. The van der Waals surface area contributed by atoms with Crippen molar-refractivity contribution >= 4 is 33.6 Å². The third kappa shape index (κ3) is 4.69. The summed E-state index contributed by atoms with van der Waals surface area (Å²) in [6.45, 7) is 3.89. The monoisotopic (exact) mass is 298 g/mol. The number of aromatic carboxylic acids is 1. The lowest BCUT2D eigenvalue weighted by atomic mass is 10.2. The fourth-order valence-electron chi connectivity index (χ4n) is 1.05. The number of carbonyl (C=O) groups excluding carboxylic acids is 1. The predicted molar refractivity (Wildman–Crippen MR) is 68.5 cm³/mol. The van der Waals surface area contributed by atoms with Crippen molar-refractivity contribution < 1.29 is 14.7 Å². The van der Waals surface area contributed by atoms with Crippen LogP contribution < -0.4 is 10.6 Å². The topological polar surface area (TPSA) is 78.4 Å². The number of rotatable bonds is 4. The quantitative estimate of drug-likeness (QED) is 0.799. The van der Waals surface area contributed by atoms with Crippen molar-refractivity contribution in [3.05, 3.63) is 40.9 Å². The number of hydrogen-bond acceptors (Lipinski definition) is 2. The van der Waals surface area contributed by atoms with E-state index in [0.29, 0.717) is 16.7 Å². The Morgan fingerprint density at radius 2 is 1.88 bits per heavy atom. The number of benzene rings is 1. The average molecular weight is 299 g/mol. The van der Waals surface area contributed by atoms with E-state index in [9.17, 15) is 9.59 Å². The largest absolute Gasteiger partial charge is 0.478 e. The molecule has 2 amide bonds. The lowest BCUT2D eigenvalue weighted by Crippen LogP contribution is -2.29. The molecule has 0 saturated heterocycles. The van der Waals surface area contributed by atoms with Gasteiger partial charge in [-0.3, -0.25) is 0 Å². The standard InChI is InChI=1S/C11H11BrN2O3/c1-7(12)6-13-11(17)14-9-4-2-8(3-5-9)10(15)16/h2-5H,1,6H2,(H,15,16)(H2,13,14,17). The zero-order valence-electron chi connectivity index (χ0n) is 8.87. The van der Waals surface area contributed by atoms with Crippen LogP contribution in [0, 0.1) is 0 Å². The summed E-state index contributed by atoms with van der Waals surface area (Å²) in [6, 6.07) is 5.49. The minimum Gasteiger partial charge on any atom is -0.478 e. The molecule has 0 unspecified atom stereocenters. The number of anilines is 1. The van der Waals surface area contributed by atoms with Crippen LogP contribution >= 0.6 is 15.9 Å². The molecule has 0 spiro atoms. The van der Waals surface area contributed by atoms with Crippen molar-refractivity contribution in [1.29, 1.82) is 0 Å². The smallest absolute Gasteiger partial charge is 0.335 e. The fraction of sp³-hybridized carbons (Fsp3) is 0.0909. The van der Waals surface area contributed by atoms with Crippen LogP contribution in [0.15, 0.2) is 35.3 Å². The maximum Gasteiger partial charge on any atom is 0.335 e. The molecule has 0 aliphatic heterocycles.